The van der Waals surface area contributed by atoms with E-state index in [2.05, 4.69) is 10.1 Å². The van der Waals surface area contributed by atoms with Crippen molar-refractivity contribution in [3.63, 3.8) is 0 Å². The molecule has 0 unspecified atom stereocenters. The fraction of sp³-hybridized carbons (Fsp3) is 0.231. The molecule has 0 spiro atoms. The van der Waals surface area contributed by atoms with Gasteiger partial charge in [-0.2, -0.15) is 0 Å². The highest BCUT2D eigenvalue weighted by atomic mass is 19.4. The summed E-state index contributed by atoms with van der Waals surface area (Å²) in [5.41, 5.74) is 1.42. The maximum atomic E-state index is 12.0. The van der Waals surface area contributed by atoms with Gasteiger partial charge in [0.15, 0.2) is 0 Å². The van der Waals surface area contributed by atoms with Crippen LogP contribution in [0.15, 0.2) is 29.8 Å². The van der Waals surface area contributed by atoms with E-state index in [0.29, 0.717) is 16.7 Å². The third-order valence-electron chi connectivity index (χ3n) is 2.84. The number of amides is 2. The lowest BCUT2D eigenvalue weighted by Crippen LogP contribution is -2.19. The quantitative estimate of drug-likeness (QED) is 0.670. The van der Waals surface area contributed by atoms with E-state index in [1.54, 1.807) is 6.92 Å². The van der Waals surface area contributed by atoms with Crippen molar-refractivity contribution in [3.8, 4) is 5.75 Å². The Hall–Kier alpha value is -2.31. The monoisotopic (exact) mass is 285 g/mol. The van der Waals surface area contributed by atoms with Crippen LogP contribution in [0.1, 0.15) is 18.9 Å². The van der Waals surface area contributed by atoms with E-state index in [-0.39, 0.29) is 18.1 Å². The summed E-state index contributed by atoms with van der Waals surface area (Å²) >= 11 is 0. The molecular weight excluding hydrogens is 275 g/mol. The van der Waals surface area contributed by atoms with Crippen LogP contribution in [-0.2, 0) is 9.59 Å². The fourth-order valence-corrected chi connectivity index (χ4v) is 1.87. The predicted octanol–water partition coefficient (Wildman–Crippen LogP) is 2.41. The van der Waals surface area contributed by atoms with Crippen molar-refractivity contribution in [2.45, 2.75) is 19.7 Å². The van der Waals surface area contributed by atoms with Crippen LogP contribution >= 0.6 is 0 Å². The Morgan fingerprint density at radius 2 is 1.80 bits per heavy atom. The average molecular weight is 285 g/mol. The Balaban J connectivity index is 2.24. The standard InChI is InChI=1S/C13H10F3NO3/c1-7(10-6-11(18)17-12(10)19)8-2-4-9(5-3-8)20-13(14,15)16/h2-5H,6H2,1H3,(H,17,18,19). The van der Waals surface area contributed by atoms with E-state index in [9.17, 15) is 22.8 Å². The van der Waals surface area contributed by atoms with Crippen LogP contribution in [0.2, 0.25) is 0 Å². The van der Waals surface area contributed by atoms with Crippen molar-refractivity contribution in [3.05, 3.63) is 35.4 Å². The first-order valence-corrected chi connectivity index (χ1v) is 5.66. The topological polar surface area (TPSA) is 55.4 Å². The molecule has 1 aromatic rings. The van der Waals surface area contributed by atoms with Crippen LogP contribution in [0.3, 0.4) is 0 Å². The van der Waals surface area contributed by atoms with E-state index in [4.69, 9.17) is 0 Å². The highest BCUT2D eigenvalue weighted by Gasteiger charge is 2.31. The smallest absolute Gasteiger partial charge is 0.406 e. The lowest BCUT2D eigenvalue weighted by Gasteiger charge is -2.10. The van der Waals surface area contributed by atoms with Crippen LogP contribution in [-0.4, -0.2) is 18.2 Å². The van der Waals surface area contributed by atoms with Gasteiger partial charge in [-0.05, 0) is 30.2 Å². The zero-order valence-corrected chi connectivity index (χ0v) is 10.4. The number of allylic oxidation sites excluding steroid dienone is 1. The maximum absolute atomic E-state index is 12.0. The highest BCUT2D eigenvalue weighted by molar-refractivity contribution is 6.17. The van der Waals surface area contributed by atoms with Gasteiger partial charge in [-0.25, -0.2) is 0 Å². The number of imide groups is 1. The first-order valence-electron chi connectivity index (χ1n) is 5.66. The summed E-state index contributed by atoms with van der Waals surface area (Å²) in [6.07, 6.45) is -4.77. The van der Waals surface area contributed by atoms with Gasteiger partial charge in [0, 0.05) is 5.57 Å². The Bertz CT molecular complexity index is 588. The van der Waals surface area contributed by atoms with Gasteiger partial charge in [0.1, 0.15) is 5.75 Å². The minimum atomic E-state index is -4.74. The number of nitrogens with one attached hydrogen (secondary N) is 1. The molecule has 0 atom stereocenters. The second-order valence-electron chi connectivity index (χ2n) is 4.23. The number of ether oxygens (including phenoxy) is 1. The molecule has 1 aromatic carbocycles. The number of benzene rings is 1. The van der Waals surface area contributed by atoms with Crippen molar-refractivity contribution in [1.82, 2.24) is 5.32 Å². The van der Waals surface area contributed by atoms with Crippen molar-refractivity contribution in [2.75, 3.05) is 0 Å². The zero-order chi connectivity index (χ0) is 14.9. The number of hydrogen-bond donors (Lipinski definition) is 1. The normalized spacial score (nSPS) is 18.0. The van der Waals surface area contributed by atoms with Gasteiger partial charge in [0.2, 0.25) is 5.91 Å². The lowest BCUT2D eigenvalue weighted by molar-refractivity contribution is -0.274. The molecule has 1 fully saturated rings. The van der Waals surface area contributed by atoms with Crippen LogP contribution in [0.5, 0.6) is 5.75 Å². The Morgan fingerprint density at radius 3 is 2.25 bits per heavy atom. The van der Waals surface area contributed by atoms with Crippen LogP contribution in [0.25, 0.3) is 5.57 Å². The molecule has 4 nitrogen and oxygen atoms in total. The van der Waals surface area contributed by atoms with Gasteiger partial charge in [-0.15, -0.1) is 13.2 Å². The summed E-state index contributed by atoms with van der Waals surface area (Å²) in [6, 6.07) is 5.11. The molecule has 1 N–H and O–H groups in total. The van der Waals surface area contributed by atoms with E-state index >= 15 is 0 Å². The van der Waals surface area contributed by atoms with Crippen molar-refractivity contribution in [1.29, 1.82) is 0 Å². The van der Waals surface area contributed by atoms with Gasteiger partial charge in [0.25, 0.3) is 5.91 Å². The molecule has 1 aliphatic heterocycles. The van der Waals surface area contributed by atoms with Gasteiger partial charge in [-0.3, -0.25) is 14.9 Å². The Morgan fingerprint density at radius 1 is 1.20 bits per heavy atom. The molecule has 0 saturated carbocycles. The predicted molar refractivity (Wildman–Crippen MR) is 63.5 cm³/mol. The third-order valence-corrected chi connectivity index (χ3v) is 2.84. The van der Waals surface area contributed by atoms with Crippen LogP contribution in [0, 0.1) is 0 Å². The molecule has 1 heterocycles. The van der Waals surface area contributed by atoms with E-state index in [0.717, 1.165) is 12.1 Å². The largest absolute Gasteiger partial charge is 0.573 e. The fourth-order valence-electron chi connectivity index (χ4n) is 1.87. The molecule has 0 aromatic heterocycles. The molecule has 1 saturated heterocycles. The average Bonchev–Trinajstić information content (AvgIpc) is 2.66. The Labute approximate surface area is 112 Å². The van der Waals surface area contributed by atoms with Crippen molar-refractivity contribution < 1.29 is 27.5 Å². The molecule has 0 radical (unpaired) electrons. The number of hydrogen-bond acceptors (Lipinski definition) is 3. The number of carbonyl (C=O) groups is 2. The molecule has 0 aliphatic carbocycles. The minimum Gasteiger partial charge on any atom is -0.406 e. The molecule has 2 amide bonds. The molecule has 0 bridgehead atoms. The second kappa shape index (κ2) is 4.99. The summed E-state index contributed by atoms with van der Waals surface area (Å²) in [5.74, 6) is -1.20. The van der Waals surface area contributed by atoms with Gasteiger partial charge < -0.3 is 4.74 Å². The van der Waals surface area contributed by atoms with E-state index in [1.807, 2.05) is 0 Å². The number of carbonyl (C=O) groups excluding carboxylic acids is 2. The first kappa shape index (κ1) is 14.1. The molecule has 20 heavy (non-hydrogen) atoms. The van der Waals surface area contributed by atoms with Crippen molar-refractivity contribution in [2.24, 2.45) is 0 Å². The summed E-state index contributed by atoms with van der Waals surface area (Å²) in [5, 5.41) is 2.15. The molecule has 7 heteroatoms. The minimum absolute atomic E-state index is 0.0224. The van der Waals surface area contributed by atoms with Gasteiger partial charge >= 0.3 is 6.36 Å². The second-order valence-corrected chi connectivity index (χ2v) is 4.23. The Kier molecular flexibility index (Phi) is 3.52. The van der Waals surface area contributed by atoms with Gasteiger partial charge in [0.05, 0.1) is 6.42 Å². The zero-order valence-electron chi connectivity index (χ0n) is 10.4. The molecule has 106 valence electrons. The SMILES string of the molecule is CC(=C1CC(=O)NC1=O)c1ccc(OC(F)(F)F)cc1. The first-order chi connectivity index (χ1) is 9.26. The number of rotatable bonds is 2. The van der Waals surface area contributed by atoms with Crippen molar-refractivity contribution >= 4 is 17.4 Å². The maximum Gasteiger partial charge on any atom is 0.573 e. The summed E-state index contributed by atoms with van der Waals surface area (Å²) in [7, 11) is 0. The van der Waals surface area contributed by atoms with E-state index in [1.165, 1.54) is 12.1 Å². The van der Waals surface area contributed by atoms with Crippen LogP contribution in [0.4, 0.5) is 13.2 Å². The third kappa shape index (κ3) is 3.17. The number of alkyl halides is 3. The van der Waals surface area contributed by atoms with Gasteiger partial charge in [-0.1, -0.05) is 12.1 Å². The van der Waals surface area contributed by atoms with E-state index < -0.39 is 12.3 Å². The molecular formula is C13H10F3NO3. The highest BCUT2D eigenvalue weighted by Crippen LogP contribution is 2.27. The molecule has 2 rings (SSSR count). The van der Waals surface area contributed by atoms with Crippen LogP contribution < -0.4 is 10.1 Å². The molecule has 1 aliphatic rings. The number of halogens is 3. The lowest BCUT2D eigenvalue weighted by atomic mass is 10.0. The summed E-state index contributed by atoms with van der Waals surface area (Å²) < 4.78 is 39.8. The summed E-state index contributed by atoms with van der Waals surface area (Å²) in [6.45, 7) is 1.63. The summed E-state index contributed by atoms with van der Waals surface area (Å²) in [4.78, 5) is 22.6.